The van der Waals surface area contributed by atoms with Crippen molar-refractivity contribution in [2.75, 3.05) is 27.2 Å². The maximum atomic E-state index is 5.25. The molecule has 12 heavy (non-hydrogen) atoms. The fourth-order valence-corrected chi connectivity index (χ4v) is 1.37. The lowest BCUT2D eigenvalue weighted by Crippen LogP contribution is -2.42. The van der Waals surface area contributed by atoms with Crippen LogP contribution in [0.5, 0.6) is 0 Å². The summed E-state index contributed by atoms with van der Waals surface area (Å²) in [7, 11) is 4.04. The van der Waals surface area contributed by atoms with E-state index in [1.54, 1.807) is 0 Å². The Bertz CT molecular complexity index is 146. The predicted molar refractivity (Wildman–Crippen MR) is 54.0 cm³/mol. The number of hydrogen-bond acceptors (Lipinski definition) is 2. The van der Waals surface area contributed by atoms with E-state index in [-0.39, 0.29) is 0 Å². The number of terminal acetylenes is 1. The molecule has 0 spiro atoms. The van der Waals surface area contributed by atoms with Crippen LogP contribution in [0.3, 0.4) is 0 Å². The molecule has 70 valence electrons. The molecule has 0 radical (unpaired) electrons. The molecule has 0 aliphatic carbocycles. The molecule has 1 unspecified atom stereocenters. The van der Waals surface area contributed by atoms with Crippen molar-refractivity contribution >= 4 is 0 Å². The highest BCUT2D eigenvalue weighted by Gasteiger charge is 2.16. The van der Waals surface area contributed by atoms with Crippen molar-refractivity contribution in [3.05, 3.63) is 0 Å². The quantitative estimate of drug-likeness (QED) is 0.611. The van der Waals surface area contributed by atoms with Crippen molar-refractivity contribution in [1.82, 2.24) is 10.2 Å². The highest BCUT2D eigenvalue weighted by Crippen LogP contribution is 2.07. The third kappa shape index (κ3) is 3.75. The first kappa shape index (κ1) is 11.5. The molecule has 1 atom stereocenters. The summed E-state index contributed by atoms with van der Waals surface area (Å²) in [5, 5.41) is 3.18. The highest BCUT2D eigenvalue weighted by molar-refractivity contribution is 4.90. The van der Waals surface area contributed by atoms with Crippen molar-refractivity contribution in [3.63, 3.8) is 0 Å². The van der Waals surface area contributed by atoms with E-state index in [1.807, 2.05) is 7.05 Å². The molecule has 1 N–H and O–H groups in total. The number of hydrogen-bond donors (Lipinski definition) is 1. The number of likely N-dealkylation sites (N-methyl/N-ethyl adjacent to an activating group) is 2. The van der Waals surface area contributed by atoms with Gasteiger partial charge in [0, 0.05) is 12.6 Å². The van der Waals surface area contributed by atoms with Crippen LogP contribution in [0.2, 0.25) is 0 Å². The van der Waals surface area contributed by atoms with Crippen LogP contribution in [0.25, 0.3) is 0 Å². The summed E-state index contributed by atoms with van der Waals surface area (Å²) in [5.74, 6) is 3.29. The van der Waals surface area contributed by atoms with E-state index in [2.05, 4.69) is 37.0 Å². The van der Waals surface area contributed by atoms with Gasteiger partial charge in [-0.15, -0.1) is 6.42 Å². The van der Waals surface area contributed by atoms with Crippen LogP contribution in [0.1, 0.15) is 13.8 Å². The summed E-state index contributed by atoms with van der Waals surface area (Å²) in [6, 6.07) is 0.533. The summed E-state index contributed by atoms with van der Waals surface area (Å²) in [4.78, 5) is 2.21. The van der Waals surface area contributed by atoms with Gasteiger partial charge in [-0.1, -0.05) is 19.8 Å². The zero-order chi connectivity index (χ0) is 9.56. The molecule has 2 heteroatoms. The summed E-state index contributed by atoms with van der Waals surface area (Å²) in [6.07, 6.45) is 5.25. The molecule has 0 rings (SSSR count). The molecule has 0 aromatic rings. The minimum absolute atomic E-state index is 0.533. The van der Waals surface area contributed by atoms with E-state index < -0.39 is 0 Å². The number of rotatable bonds is 5. The second-order valence-corrected chi connectivity index (χ2v) is 3.49. The molecule has 0 fully saturated rings. The minimum Gasteiger partial charge on any atom is -0.318 e. The van der Waals surface area contributed by atoms with Crippen LogP contribution in [0.15, 0.2) is 0 Å². The first-order valence-electron chi connectivity index (χ1n) is 4.41. The van der Waals surface area contributed by atoms with Gasteiger partial charge in [-0.05, 0) is 20.0 Å². The molecular weight excluding hydrogens is 148 g/mol. The van der Waals surface area contributed by atoms with Crippen molar-refractivity contribution in [1.29, 1.82) is 0 Å². The Balaban J connectivity index is 4.01. The van der Waals surface area contributed by atoms with Gasteiger partial charge in [0.25, 0.3) is 0 Å². The van der Waals surface area contributed by atoms with Gasteiger partial charge >= 0.3 is 0 Å². The Hall–Kier alpha value is -0.520. The lowest BCUT2D eigenvalue weighted by atomic mass is 10.0. The standard InChI is InChI=1S/C10H20N2/c1-6-7-12(5)10(8-11-4)9(2)3/h1,9-11H,7-8H2,2-5H3. The van der Waals surface area contributed by atoms with Crippen LogP contribution in [-0.4, -0.2) is 38.1 Å². The van der Waals surface area contributed by atoms with Gasteiger partial charge in [-0.2, -0.15) is 0 Å². The minimum atomic E-state index is 0.533. The fraction of sp³-hybridized carbons (Fsp3) is 0.800. The summed E-state index contributed by atoms with van der Waals surface area (Å²) < 4.78 is 0. The Labute approximate surface area is 76.3 Å². The average molecular weight is 168 g/mol. The van der Waals surface area contributed by atoms with Gasteiger partial charge in [0.2, 0.25) is 0 Å². The SMILES string of the molecule is C#CCN(C)C(CNC)C(C)C. The topological polar surface area (TPSA) is 15.3 Å². The molecule has 0 aliphatic rings. The fourth-order valence-electron chi connectivity index (χ4n) is 1.37. The largest absolute Gasteiger partial charge is 0.318 e. The summed E-state index contributed by atoms with van der Waals surface area (Å²) in [6.45, 7) is 6.16. The van der Waals surface area contributed by atoms with Gasteiger partial charge in [0.1, 0.15) is 0 Å². The monoisotopic (exact) mass is 168 g/mol. The zero-order valence-corrected chi connectivity index (χ0v) is 8.59. The molecule has 0 saturated carbocycles. The van der Waals surface area contributed by atoms with Crippen molar-refractivity contribution in [2.24, 2.45) is 5.92 Å². The molecule has 2 nitrogen and oxygen atoms in total. The first-order valence-corrected chi connectivity index (χ1v) is 4.41. The second kappa shape index (κ2) is 6.05. The van der Waals surface area contributed by atoms with E-state index in [0.29, 0.717) is 12.0 Å². The average Bonchev–Trinajstić information content (AvgIpc) is 1.99. The van der Waals surface area contributed by atoms with Gasteiger partial charge in [0.15, 0.2) is 0 Å². The van der Waals surface area contributed by atoms with Gasteiger partial charge in [0.05, 0.1) is 6.54 Å². The third-order valence-electron chi connectivity index (χ3n) is 2.09. The molecule has 0 aromatic heterocycles. The summed E-state index contributed by atoms with van der Waals surface area (Å²) >= 11 is 0. The molecule has 0 aliphatic heterocycles. The van der Waals surface area contributed by atoms with Crippen LogP contribution in [0.4, 0.5) is 0 Å². The Kier molecular flexibility index (Phi) is 5.79. The Morgan fingerprint density at radius 2 is 2.08 bits per heavy atom. The molecule has 0 heterocycles. The van der Waals surface area contributed by atoms with Crippen LogP contribution < -0.4 is 5.32 Å². The molecule has 0 bridgehead atoms. The van der Waals surface area contributed by atoms with Gasteiger partial charge < -0.3 is 5.32 Å². The van der Waals surface area contributed by atoms with E-state index >= 15 is 0 Å². The zero-order valence-electron chi connectivity index (χ0n) is 8.59. The molecular formula is C10H20N2. The van der Waals surface area contributed by atoms with E-state index in [1.165, 1.54) is 0 Å². The molecule has 0 aromatic carbocycles. The smallest absolute Gasteiger partial charge is 0.0599 e. The summed E-state index contributed by atoms with van der Waals surface area (Å²) in [5.41, 5.74) is 0. The Morgan fingerprint density at radius 3 is 2.42 bits per heavy atom. The molecule has 0 amide bonds. The van der Waals surface area contributed by atoms with Crippen LogP contribution in [-0.2, 0) is 0 Å². The normalized spacial score (nSPS) is 13.4. The van der Waals surface area contributed by atoms with Crippen molar-refractivity contribution in [2.45, 2.75) is 19.9 Å². The lowest BCUT2D eigenvalue weighted by molar-refractivity contribution is 0.210. The van der Waals surface area contributed by atoms with E-state index in [9.17, 15) is 0 Å². The van der Waals surface area contributed by atoms with E-state index in [0.717, 1.165) is 13.1 Å². The first-order chi connectivity index (χ1) is 5.63. The van der Waals surface area contributed by atoms with Crippen molar-refractivity contribution in [3.8, 4) is 12.3 Å². The van der Waals surface area contributed by atoms with Crippen LogP contribution in [0, 0.1) is 18.3 Å². The van der Waals surface area contributed by atoms with Crippen LogP contribution >= 0.6 is 0 Å². The van der Waals surface area contributed by atoms with Gasteiger partial charge in [-0.25, -0.2) is 0 Å². The van der Waals surface area contributed by atoms with Crippen molar-refractivity contribution < 1.29 is 0 Å². The lowest BCUT2D eigenvalue weighted by Gasteiger charge is -2.29. The third-order valence-corrected chi connectivity index (χ3v) is 2.09. The number of nitrogens with one attached hydrogen (secondary N) is 1. The van der Waals surface area contributed by atoms with Gasteiger partial charge in [-0.3, -0.25) is 4.90 Å². The maximum absolute atomic E-state index is 5.25. The predicted octanol–water partition coefficient (Wildman–Crippen LogP) is 0.795. The maximum Gasteiger partial charge on any atom is 0.0599 e. The second-order valence-electron chi connectivity index (χ2n) is 3.49. The highest BCUT2D eigenvalue weighted by atomic mass is 15.1. The molecule has 0 saturated heterocycles. The van der Waals surface area contributed by atoms with E-state index in [4.69, 9.17) is 6.42 Å². The Morgan fingerprint density at radius 1 is 1.50 bits per heavy atom. The number of nitrogens with zero attached hydrogens (tertiary/aromatic N) is 1.